The minimum atomic E-state index is -0.243. The van der Waals surface area contributed by atoms with Crippen LogP contribution in [0.4, 0.5) is 0 Å². The molecule has 0 saturated carbocycles. The molecule has 0 spiro atoms. The highest BCUT2D eigenvalue weighted by molar-refractivity contribution is 5.79. The van der Waals surface area contributed by atoms with E-state index < -0.39 is 0 Å². The molecule has 1 atom stereocenters. The van der Waals surface area contributed by atoms with Crippen LogP contribution in [0.2, 0.25) is 0 Å². The number of hydrogen-bond acceptors (Lipinski definition) is 3. The van der Waals surface area contributed by atoms with Gasteiger partial charge in [0.15, 0.2) is 0 Å². The molecule has 0 aromatic carbocycles. The molecule has 0 bridgehead atoms. The van der Waals surface area contributed by atoms with Crippen LogP contribution in [-0.2, 0) is 11.2 Å². The van der Waals surface area contributed by atoms with Gasteiger partial charge in [0.1, 0.15) is 6.04 Å². The summed E-state index contributed by atoms with van der Waals surface area (Å²) >= 11 is 0. The molecule has 2 aromatic heterocycles. The smallest absolute Gasteiger partial charge is 0.242 e. The molecular formula is C14H18N4O. The molecule has 0 radical (unpaired) electrons. The Labute approximate surface area is 112 Å². The molecule has 0 saturated heterocycles. The van der Waals surface area contributed by atoms with Crippen LogP contribution in [-0.4, -0.2) is 27.0 Å². The van der Waals surface area contributed by atoms with Crippen molar-refractivity contribution in [3.05, 3.63) is 48.3 Å². The number of pyridine rings is 1. The molecule has 2 aromatic rings. The van der Waals surface area contributed by atoms with Crippen molar-refractivity contribution < 1.29 is 4.79 Å². The van der Waals surface area contributed by atoms with Gasteiger partial charge in [0.25, 0.3) is 0 Å². The summed E-state index contributed by atoms with van der Waals surface area (Å²) in [6, 6.07) is 5.67. The summed E-state index contributed by atoms with van der Waals surface area (Å²) in [5.74, 6) is -0.00865. The van der Waals surface area contributed by atoms with Gasteiger partial charge < -0.3 is 9.88 Å². The lowest BCUT2D eigenvalue weighted by atomic mass is 10.2. The molecule has 5 heteroatoms. The molecule has 1 N–H and O–H groups in total. The van der Waals surface area contributed by atoms with Crippen molar-refractivity contribution in [2.75, 3.05) is 6.54 Å². The van der Waals surface area contributed by atoms with Gasteiger partial charge in [-0.15, -0.1) is 0 Å². The van der Waals surface area contributed by atoms with E-state index in [2.05, 4.69) is 15.3 Å². The number of nitrogens with one attached hydrogen (secondary N) is 1. The lowest BCUT2D eigenvalue weighted by Gasteiger charge is -2.13. The van der Waals surface area contributed by atoms with Crippen LogP contribution < -0.4 is 5.32 Å². The molecule has 19 heavy (non-hydrogen) atoms. The van der Waals surface area contributed by atoms with Crippen molar-refractivity contribution in [2.45, 2.75) is 26.3 Å². The van der Waals surface area contributed by atoms with Crippen molar-refractivity contribution in [3.63, 3.8) is 0 Å². The first-order valence-electron chi connectivity index (χ1n) is 6.34. The maximum Gasteiger partial charge on any atom is 0.242 e. The van der Waals surface area contributed by atoms with E-state index in [1.165, 1.54) is 0 Å². The molecule has 100 valence electrons. The number of hydrogen-bond donors (Lipinski definition) is 1. The largest absolute Gasteiger partial charge is 0.354 e. The van der Waals surface area contributed by atoms with Gasteiger partial charge in [-0.05, 0) is 26.0 Å². The topological polar surface area (TPSA) is 59.8 Å². The third-order valence-electron chi connectivity index (χ3n) is 2.98. The molecular weight excluding hydrogens is 240 g/mol. The van der Waals surface area contributed by atoms with E-state index in [1.807, 2.05) is 32.0 Å². The Morgan fingerprint density at radius 3 is 3.00 bits per heavy atom. The van der Waals surface area contributed by atoms with Gasteiger partial charge in [-0.3, -0.25) is 9.78 Å². The van der Waals surface area contributed by atoms with Crippen LogP contribution >= 0.6 is 0 Å². The van der Waals surface area contributed by atoms with Gasteiger partial charge in [0.2, 0.25) is 5.91 Å². The second kappa shape index (κ2) is 6.13. The Morgan fingerprint density at radius 1 is 1.47 bits per heavy atom. The van der Waals surface area contributed by atoms with Crippen molar-refractivity contribution in [1.82, 2.24) is 19.9 Å². The highest BCUT2D eigenvalue weighted by Crippen LogP contribution is 2.04. The van der Waals surface area contributed by atoms with E-state index in [9.17, 15) is 4.79 Å². The predicted octanol–water partition coefficient (Wildman–Crippen LogP) is 1.51. The zero-order chi connectivity index (χ0) is 13.7. The normalized spacial score (nSPS) is 12.1. The second-order valence-electron chi connectivity index (χ2n) is 4.50. The van der Waals surface area contributed by atoms with Crippen molar-refractivity contribution in [1.29, 1.82) is 0 Å². The predicted molar refractivity (Wildman–Crippen MR) is 72.6 cm³/mol. The number of amides is 1. The minimum absolute atomic E-state index is 0.00865. The molecule has 0 aliphatic rings. The molecule has 0 unspecified atom stereocenters. The van der Waals surface area contributed by atoms with Crippen molar-refractivity contribution >= 4 is 5.91 Å². The van der Waals surface area contributed by atoms with Crippen molar-refractivity contribution in [2.24, 2.45) is 0 Å². The summed E-state index contributed by atoms with van der Waals surface area (Å²) in [6.45, 7) is 4.40. The van der Waals surface area contributed by atoms with E-state index in [0.29, 0.717) is 6.54 Å². The highest BCUT2D eigenvalue weighted by atomic mass is 16.2. The monoisotopic (exact) mass is 258 g/mol. The van der Waals surface area contributed by atoms with Crippen LogP contribution in [0.3, 0.4) is 0 Å². The number of nitrogens with zero attached hydrogens (tertiary/aromatic N) is 3. The zero-order valence-corrected chi connectivity index (χ0v) is 11.2. The highest BCUT2D eigenvalue weighted by Gasteiger charge is 2.13. The summed E-state index contributed by atoms with van der Waals surface area (Å²) in [5, 5.41) is 2.91. The first-order valence-corrected chi connectivity index (χ1v) is 6.34. The fraction of sp³-hybridized carbons (Fsp3) is 0.357. The number of aryl methyl sites for hydroxylation is 1. The standard InChI is InChI=1S/C14H18N4O/c1-11-4-3-5-13(17-11)6-7-16-14(19)12(2)18-9-8-15-10-18/h3-5,8-10,12H,6-7H2,1-2H3,(H,16,19)/t12-/m0/s1. The Kier molecular flexibility index (Phi) is 4.28. The number of carbonyl (C=O) groups is 1. The van der Waals surface area contributed by atoms with Crippen molar-refractivity contribution in [3.8, 4) is 0 Å². The van der Waals surface area contributed by atoms with E-state index >= 15 is 0 Å². The third-order valence-corrected chi connectivity index (χ3v) is 2.98. The average Bonchev–Trinajstić information content (AvgIpc) is 2.91. The van der Waals surface area contributed by atoms with Gasteiger partial charge in [-0.2, -0.15) is 0 Å². The maximum atomic E-state index is 11.9. The lowest BCUT2D eigenvalue weighted by Crippen LogP contribution is -2.32. The van der Waals surface area contributed by atoms with Crippen LogP contribution in [0.15, 0.2) is 36.9 Å². The molecule has 2 rings (SSSR count). The Morgan fingerprint density at radius 2 is 2.32 bits per heavy atom. The molecule has 0 fully saturated rings. The summed E-state index contributed by atoms with van der Waals surface area (Å²) in [6.07, 6.45) is 5.84. The summed E-state index contributed by atoms with van der Waals surface area (Å²) < 4.78 is 1.78. The lowest BCUT2D eigenvalue weighted by molar-refractivity contribution is -0.123. The molecule has 1 amide bonds. The van der Waals surface area contributed by atoms with Crippen LogP contribution in [0.1, 0.15) is 24.4 Å². The number of carbonyl (C=O) groups excluding carboxylic acids is 1. The Hall–Kier alpha value is -2.17. The molecule has 2 heterocycles. The van der Waals surface area contributed by atoms with E-state index in [1.54, 1.807) is 23.3 Å². The quantitative estimate of drug-likeness (QED) is 0.884. The van der Waals surface area contributed by atoms with Crippen LogP contribution in [0.5, 0.6) is 0 Å². The average molecular weight is 258 g/mol. The van der Waals surface area contributed by atoms with Gasteiger partial charge in [-0.25, -0.2) is 4.98 Å². The van der Waals surface area contributed by atoms with Gasteiger partial charge in [0, 0.05) is 36.7 Å². The minimum Gasteiger partial charge on any atom is -0.354 e. The molecule has 0 aliphatic heterocycles. The first kappa shape index (κ1) is 13.3. The number of imidazole rings is 1. The SMILES string of the molecule is Cc1cccc(CCNC(=O)[C@H](C)n2ccnc2)n1. The Balaban J connectivity index is 1.81. The fourth-order valence-corrected chi connectivity index (χ4v) is 1.83. The molecule has 0 aliphatic carbocycles. The second-order valence-corrected chi connectivity index (χ2v) is 4.50. The summed E-state index contributed by atoms with van der Waals surface area (Å²) in [7, 11) is 0. The number of aromatic nitrogens is 3. The van der Waals surface area contributed by atoms with Crippen LogP contribution in [0.25, 0.3) is 0 Å². The van der Waals surface area contributed by atoms with Crippen LogP contribution in [0, 0.1) is 6.92 Å². The first-order chi connectivity index (χ1) is 9.16. The van der Waals surface area contributed by atoms with E-state index in [0.717, 1.165) is 17.8 Å². The fourth-order valence-electron chi connectivity index (χ4n) is 1.83. The summed E-state index contributed by atoms with van der Waals surface area (Å²) in [4.78, 5) is 20.3. The third kappa shape index (κ3) is 3.64. The zero-order valence-electron chi connectivity index (χ0n) is 11.2. The Bertz CT molecular complexity index is 536. The maximum absolute atomic E-state index is 11.9. The van der Waals surface area contributed by atoms with E-state index in [-0.39, 0.29) is 11.9 Å². The van der Waals surface area contributed by atoms with Gasteiger partial charge in [-0.1, -0.05) is 6.07 Å². The molecule has 5 nitrogen and oxygen atoms in total. The van der Waals surface area contributed by atoms with E-state index in [4.69, 9.17) is 0 Å². The summed E-state index contributed by atoms with van der Waals surface area (Å²) in [5.41, 5.74) is 1.99. The van der Waals surface area contributed by atoms with Gasteiger partial charge >= 0.3 is 0 Å². The van der Waals surface area contributed by atoms with Gasteiger partial charge in [0.05, 0.1) is 6.33 Å². The number of rotatable bonds is 5.